The molecule has 1 aromatic heterocycles. The summed E-state index contributed by atoms with van der Waals surface area (Å²) in [6.07, 6.45) is 25.5. The van der Waals surface area contributed by atoms with E-state index in [0.717, 1.165) is 29.5 Å². The van der Waals surface area contributed by atoms with Gasteiger partial charge in [0.2, 0.25) is 0 Å². The van der Waals surface area contributed by atoms with E-state index in [1.807, 2.05) is 0 Å². The van der Waals surface area contributed by atoms with Gasteiger partial charge in [0.05, 0.1) is 0 Å². The van der Waals surface area contributed by atoms with Gasteiger partial charge in [-0.05, 0) is 99.4 Å². The molecule has 0 saturated heterocycles. The fraction of sp³-hybridized carbons (Fsp3) is 0.852. The van der Waals surface area contributed by atoms with Gasteiger partial charge in [-0.2, -0.15) is 0 Å². The molecule has 0 N–H and O–H groups in total. The minimum atomic E-state index is 0.617. The van der Waals surface area contributed by atoms with Crippen molar-refractivity contribution in [2.45, 2.75) is 122 Å². The van der Waals surface area contributed by atoms with E-state index < -0.39 is 0 Å². The molecule has 1 heterocycles. The zero-order chi connectivity index (χ0) is 20.1. The lowest BCUT2D eigenvalue weighted by Crippen LogP contribution is -2.25. The predicted octanol–water partition coefficient (Wildman–Crippen LogP) is 8.04. The molecule has 2 heteroatoms. The van der Waals surface area contributed by atoms with Crippen LogP contribution in [0, 0.1) is 23.7 Å². The molecule has 4 rings (SSSR count). The fourth-order valence-electron chi connectivity index (χ4n) is 6.88. The first-order chi connectivity index (χ1) is 14.3. The van der Waals surface area contributed by atoms with E-state index >= 15 is 0 Å². The first-order valence-electron chi connectivity index (χ1n) is 13.1. The SMILES string of the molecule is CCCC1CCC(c2ncc(C3CCC(C4CCC(CC)CC4)CC3)cn2)CC1. The number of nitrogens with zero attached hydrogens (tertiary/aromatic N) is 2. The topological polar surface area (TPSA) is 25.8 Å². The van der Waals surface area contributed by atoms with Crippen molar-refractivity contribution in [3.63, 3.8) is 0 Å². The van der Waals surface area contributed by atoms with Gasteiger partial charge in [-0.3, -0.25) is 0 Å². The summed E-state index contributed by atoms with van der Waals surface area (Å²) in [6, 6.07) is 0. The predicted molar refractivity (Wildman–Crippen MR) is 122 cm³/mol. The summed E-state index contributed by atoms with van der Waals surface area (Å²) in [5, 5.41) is 0. The van der Waals surface area contributed by atoms with Crippen LogP contribution in [0.15, 0.2) is 12.4 Å². The van der Waals surface area contributed by atoms with Crippen LogP contribution in [0.1, 0.15) is 133 Å². The molecule has 0 unspecified atom stereocenters. The minimum Gasteiger partial charge on any atom is -0.241 e. The first kappa shape index (κ1) is 21.3. The molecule has 3 fully saturated rings. The average molecular weight is 397 g/mol. The molecular weight excluding hydrogens is 352 g/mol. The molecule has 29 heavy (non-hydrogen) atoms. The Labute approximate surface area is 179 Å². The Hall–Kier alpha value is -0.920. The van der Waals surface area contributed by atoms with Crippen LogP contribution in [-0.2, 0) is 0 Å². The van der Waals surface area contributed by atoms with Gasteiger partial charge in [0.1, 0.15) is 5.82 Å². The minimum absolute atomic E-state index is 0.617. The Kier molecular flexibility index (Phi) is 7.65. The molecule has 0 aromatic carbocycles. The first-order valence-corrected chi connectivity index (χ1v) is 13.1. The molecule has 0 aliphatic heterocycles. The van der Waals surface area contributed by atoms with Crippen molar-refractivity contribution in [2.75, 3.05) is 0 Å². The molecule has 162 valence electrons. The van der Waals surface area contributed by atoms with Crippen LogP contribution < -0.4 is 0 Å². The standard InChI is InChI=1S/C27H44N2/c1-3-5-21-8-12-25(13-9-21)27-28-18-26(19-29-27)24-16-14-23(15-17-24)22-10-6-20(4-2)7-11-22/h18-25H,3-17H2,1-2H3. The average Bonchev–Trinajstić information content (AvgIpc) is 2.80. The Bertz CT molecular complexity index is 585. The van der Waals surface area contributed by atoms with Crippen LogP contribution in [-0.4, -0.2) is 9.97 Å². The molecule has 0 atom stereocenters. The molecule has 3 aliphatic rings. The second-order valence-corrected chi connectivity index (χ2v) is 10.7. The van der Waals surface area contributed by atoms with Crippen molar-refractivity contribution in [2.24, 2.45) is 23.7 Å². The van der Waals surface area contributed by atoms with E-state index in [0.29, 0.717) is 11.8 Å². The highest BCUT2D eigenvalue weighted by Crippen LogP contribution is 2.44. The van der Waals surface area contributed by atoms with Gasteiger partial charge in [-0.15, -0.1) is 0 Å². The van der Waals surface area contributed by atoms with Gasteiger partial charge in [0.15, 0.2) is 0 Å². The van der Waals surface area contributed by atoms with Gasteiger partial charge in [0.25, 0.3) is 0 Å². The van der Waals surface area contributed by atoms with Crippen molar-refractivity contribution >= 4 is 0 Å². The van der Waals surface area contributed by atoms with E-state index in [4.69, 9.17) is 9.97 Å². The van der Waals surface area contributed by atoms with Gasteiger partial charge < -0.3 is 0 Å². The molecule has 0 radical (unpaired) electrons. The number of hydrogen-bond acceptors (Lipinski definition) is 2. The van der Waals surface area contributed by atoms with Gasteiger partial charge >= 0.3 is 0 Å². The fourth-order valence-corrected chi connectivity index (χ4v) is 6.88. The second-order valence-electron chi connectivity index (χ2n) is 10.7. The van der Waals surface area contributed by atoms with E-state index in [1.165, 1.54) is 102 Å². The molecule has 0 amide bonds. The highest BCUT2D eigenvalue weighted by molar-refractivity contribution is 5.14. The summed E-state index contributed by atoms with van der Waals surface area (Å²) in [5.41, 5.74) is 1.42. The van der Waals surface area contributed by atoms with E-state index in [1.54, 1.807) is 0 Å². The largest absolute Gasteiger partial charge is 0.241 e. The third kappa shape index (κ3) is 5.42. The van der Waals surface area contributed by atoms with Gasteiger partial charge in [-0.1, -0.05) is 46.0 Å². The highest BCUT2D eigenvalue weighted by Gasteiger charge is 2.31. The van der Waals surface area contributed by atoms with Crippen molar-refractivity contribution in [3.05, 3.63) is 23.8 Å². The second kappa shape index (κ2) is 10.4. The lowest BCUT2D eigenvalue weighted by Gasteiger charge is -2.37. The summed E-state index contributed by atoms with van der Waals surface area (Å²) >= 11 is 0. The summed E-state index contributed by atoms with van der Waals surface area (Å²) in [5.74, 6) is 6.48. The maximum atomic E-state index is 4.86. The molecule has 2 nitrogen and oxygen atoms in total. The van der Waals surface area contributed by atoms with E-state index in [2.05, 4.69) is 26.2 Å². The van der Waals surface area contributed by atoms with E-state index in [9.17, 15) is 0 Å². The van der Waals surface area contributed by atoms with Crippen LogP contribution in [0.5, 0.6) is 0 Å². The number of rotatable bonds is 6. The summed E-state index contributed by atoms with van der Waals surface area (Å²) in [6.45, 7) is 4.69. The van der Waals surface area contributed by atoms with Gasteiger partial charge in [-0.25, -0.2) is 9.97 Å². The molecule has 3 saturated carbocycles. The highest BCUT2D eigenvalue weighted by atomic mass is 14.9. The Morgan fingerprint density at radius 2 is 1.17 bits per heavy atom. The number of aromatic nitrogens is 2. The maximum absolute atomic E-state index is 4.86. The maximum Gasteiger partial charge on any atom is 0.131 e. The summed E-state index contributed by atoms with van der Waals surface area (Å²) in [7, 11) is 0. The number of hydrogen-bond donors (Lipinski definition) is 0. The molecule has 0 spiro atoms. The van der Waals surface area contributed by atoms with Crippen molar-refractivity contribution < 1.29 is 0 Å². The lowest BCUT2D eigenvalue weighted by atomic mass is 9.68. The monoisotopic (exact) mass is 396 g/mol. The van der Waals surface area contributed by atoms with Gasteiger partial charge in [0, 0.05) is 18.3 Å². The zero-order valence-electron chi connectivity index (χ0n) is 19.1. The van der Waals surface area contributed by atoms with Crippen molar-refractivity contribution in [3.8, 4) is 0 Å². The van der Waals surface area contributed by atoms with Crippen LogP contribution >= 0.6 is 0 Å². The summed E-state index contributed by atoms with van der Waals surface area (Å²) < 4.78 is 0. The molecule has 1 aromatic rings. The Morgan fingerprint density at radius 3 is 1.72 bits per heavy atom. The zero-order valence-corrected chi connectivity index (χ0v) is 19.1. The summed E-state index contributed by atoms with van der Waals surface area (Å²) in [4.78, 5) is 9.73. The van der Waals surface area contributed by atoms with Crippen LogP contribution in [0.2, 0.25) is 0 Å². The quantitative estimate of drug-likeness (QED) is 0.486. The van der Waals surface area contributed by atoms with Crippen LogP contribution in [0.4, 0.5) is 0 Å². The third-order valence-electron chi connectivity index (χ3n) is 8.98. The van der Waals surface area contributed by atoms with Crippen molar-refractivity contribution in [1.82, 2.24) is 9.97 Å². The lowest BCUT2D eigenvalue weighted by molar-refractivity contribution is 0.158. The molecule has 3 aliphatic carbocycles. The normalized spacial score (nSPS) is 36.1. The van der Waals surface area contributed by atoms with Crippen LogP contribution in [0.3, 0.4) is 0 Å². The Balaban J connectivity index is 1.24. The Morgan fingerprint density at radius 1 is 0.655 bits per heavy atom. The van der Waals surface area contributed by atoms with Crippen molar-refractivity contribution in [1.29, 1.82) is 0 Å². The molecular formula is C27H44N2. The molecule has 0 bridgehead atoms. The smallest absolute Gasteiger partial charge is 0.131 e. The van der Waals surface area contributed by atoms with E-state index in [-0.39, 0.29) is 0 Å². The van der Waals surface area contributed by atoms with Crippen LogP contribution in [0.25, 0.3) is 0 Å². The third-order valence-corrected chi connectivity index (χ3v) is 8.98.